The van der Waals surface area contributed by atoms with Gasteiger partial charge in [0.1, 0.15) is 5.75 Å². The predicted octanol–water partition coefficient (Wildman–Crippen LogP) is 2.84. The third kappa shape index (κ3) is 3.09. The van der Waals surface area contributed by atoms with E-state index in [1.165, 1.54) is 12.0 Å². The lowest BCUT2D eigenvalue weighted by atomic mass is 9.96. The third-order valence-corrected chi connectivity index (χ3v) is 4.45. The average molecular weight is 353 g/mol. The van der Waals surface area contributed by atoms with Gasteiger partial charge in [0.25, 0.3) is 5.89 Å². The lowest BCUT2D eigenvalue weighted by molar-refractivity contribution is 0.131. The van der Waals surface area contributed by atoms with Crippen molar-refractivity contribution in [3.63, 3.8) is 0 Å². The number of benzene rings is 1. The summed E-state index contributed by atoms with van der Waals surface area (Å²) in [7, 11) is 1.52. The van der Waals surface area contributed by atoms with E-state index in [0.29, 0.717) is 59.7 Å². The Morgan fingerprint density at radius 1 is 1.46 bits per heavy atom. The molecule has 1 aromatic carbocycles. The van der Waals surface area contributed by atoms with Crippen LogP contribution in [0.4, 0.5) is 10.5 Å². The molecule has 1 aliphatic rings. The van der Waals surface area contributed by atoms with Crippen LogP contribution < -0.4 is 10.5 Å². The molecule has 0 spiro atoms. The number of aromatic nitrogens is 2. The van der Waals surface area contributed by atoms with Crippen LogP contribution in [0.3, 0.4) is 0 Å². The number of rotatable bonds is 3. The number of carbonyl (C=O) groups is 1. The number of carboxylic acid groups (broad SMARTS) is 1. The van der Waals surface area contributed by atoms with Crippen molar-refractivity contribution in [2.45, 2.75) is 18.8 Å². The largest absolute Gasteiger partial charge is 0.496 e. The summed E-state index contributed by atoms with van der Waals surface area (Å²) in [6, 6.07) is 3.23. The van der Waals surface area contributed by atoms with Gasteiger partial charge < -0.3 is 25.0 Å². The molecule has 0 aliphatic carbocycles. The molecule has 2 aromatic rings. The van der Waals surface area contributed by atoms with Gasteiger partial charge in [0.05, 0.1) is 23.4 Å². The zero-order valence-corrected chi connectivity index (χ0v) is 13.8. The van der Waals surface area contributed by atoms with Crippen LogP contribution in [0.2, 0.25) is 5.02 Å². The van der Waals surface area contributed by atoms with Crippen molar-refractivity contribution in [3.05, 3.63) is 23.0 Å². The number of nitrogens with two attached hydrogens (primary N) is 1. The molecule has 1 aliphatic heterocycles. The van der Waals surface area contributed by atoms with Gasteiger partial charge in [0.15, 0.2) is 5.82 Å². The standard InChI is InChI=1S/C15H17ClN4O4/c1-23-12-7-11(17)10(16)6-9(12)14-18-13(19-24-14)8-2-4-20(5-3-8)15(21)22/h6-8H,2-5,17H2,1H3,(H,21,22). The Morgan fingerprint density at radius 2 is 2.17 bits per heavy atom. The van der Waals surface area contributed by atoms with Crippen LogP contribution >= 0.6 is 11.6 Å². The maximum absolute atomic E-state index is 11.0. The van der Waals surface area contributed by atoms with Crippen LogP contribution in [-0.4, -0.2) is 46.4 Å². The van der Waals surface area contributed by atoms with E-state index in [-0.39, 0.29) is 5.92 Å². The summed E-state index contributed by atoms with van der Waals surface area (Å²) < 4.78 is 10.6. The van der Waals surface area contributed by atoms with Crippen molar-refractivity contribution in [2.75, 3.05) is 25.9 Å². The van der Waals surface area contributed by atoms with E-state index in [9.17, 15) is 4.79 Å². The van der Waals surface area contributed by atoms with Gasteiger partial charge in [-0.3, -0.25) is 0 Å². The Balaban J connectivity index is 1.82. The molecule has 1 amide bonds. The van der Waals surface area contributed by atoms with E-state index in [2.05, 4.69) is 10.1 Å². The zero-order valence-electron chi connectivity index (χ0n) is 13.0. The molecule has 8 nitrogen and oxygen atoms in total. The Bertz CT molecular complexity index is 756. The molecule has 0 saturated carbocycles. The minimum absolute atomic E-state index is 0.0633. The highest BCUT2D eigenvalue weighted by molar-refractivity contribution is 6.33. The zero-order chi connectivity index (χ0) is 17.3. The summed E-state index contributed by atoms with van der Waals surface area (Å²) in [6.45, 7) is 0.918. The lowest BCUT2D eigenvalue weighted by Crippen LogP contribution is -2.37. The summed E-state index contributed by atoms with van der Waals surface area (Å²) in [4.78, 5) is 16.8. The lowest BCUT2D eigenvalue weighted by Gasteiger charge is -2.28. The Hall–Kier alpha value is -2.48. The average Bonchev–Trinajstić information content (AvgIpc) is 3.06. The van der Waals surface area contributed by atoms with Gasteiger partial charge in [-0.1, -0.05) is 16.8 Å². The Labute approximate surface area is 143 Å². The van der Waals surface area contributed by atoms with E-state index < -0.39 is 6.09 Å². The third-order valence-electron chi connectivity index (χ3n) is 4.12. The molecular formula is C15H17ClN4O4. The number of likely N-dealkylation sites (tertiary alicyclic amines) is 1. The van der Waals surface area contributed by atoms with Crippen LogP contribution in [0.5, 0.6) is 5.75 Å². The van der Waals surface area contributed by atoms with Crippen LogP contribution in [0.15, 0.2) is 16.7 Å². The highest BCUT2D eigenvalue weighted by Crippen LogP contribution is 2.36. The number of nitrogens with zero attached hydrogens (tertiary/aromatic N) is 3. The predicted molar refractivity (Wildman–Crippen MR) is 87.3 cm³/mol. The molecule has 2 heterocycles. The fourth-order valence-electron chi connectivity index (χ4n) is 2.74. The SMILES string of the molecule is COc1cc(N)c(Cl)cc1-c1nc(C2CCN(C(=O)O)CC2)no1. The van der Waals surface area contributed by atoms with Crippen LogP contribution in [0.25, 0.3) is 11.5 Å². The van der Waals surface area contributed by atoms with Crippen LogP contribution in [0.1, 0.15) is 24.6 Å². The molecule has 1 saturated heterocycles. The molecule has 9 heteroatoms. The second kappa shape index (κ2) is 6.56. The van der Waals surface area contributed by atoms with Crippen molar-refractivity contribution in [3.8, 4) is 17.2 Å². The van der Waals surface area contributed by atoms with Crippen molar-refractivity contribution < 1.29 is 19.2 Å². The first-order valence-electron chi connectivity index (χ1n) is 7.44. The van der Waals surface area contributed by atoms with Gasteiger partial charge in [-0.05, 0) is 18.9 Å². The monoisotopic (exact) mass is 352 g/mol. The number of ether oxygens (including phenoxy) is 1. The normalized spacial score (nSPS) is 15.5. The second-order valence-corrected chi connectivity index (χ2v) is 5.98. The van der Waals surface area contributed by atoms with Crippen LogP contribution in [0, 0.1) is 0 Å². The summed E-state index contributed by atoms with van der Waals surface area (Å²) >= 11 is 6.06. The highest BCUT2D eigenvalue weighted by Gasteiger charge is 2.27. The van der Waals surface area contributed by atoms with Gasteiger partial charge in [-0.25, -0.2) is 4.79 Å². The molecule has 0 unspecified atom stereocenters. The smallest absolute Gasteiger partial charge is 0.407 e. The fraction of sp³-hybridized carbons (Fsp3) is 0.400. The minimum Gasteiger partial charge on any atom is -0.496 e. The number of anilines is 1. The van der Waals surface area contributed by atoms with Crippen molar-refractivity contribution in [2.24, 2.45) is 0 Å². The maximum Gasteiger partial charge on any atom is 0.407 e. The molecular weight excluding hydrogens is 336 g/mol. The van der Waals surface area contributed by atoms with Gasteiger partial charge in [0.2, 0.25) is 0 Å². The maximum atomic E-state index is 11.0. The quantitative estimate of drug-likeness (QED) is 0.816. The summed E-state index contributed by atoms with van der Waals surface area (Å²) in [6.07, 6.45) is 0.416. The molecule has 3 N–H and O–H groups in total. The van der Waals surface area contributed by atoms with Crippen LogP contribution in [-0.2, 0) is 0 Å². The molecule has 1 fully saturated rings. The second-order valence-electron chi connectivity index (χ2n) is 5.58. The first kappa shape index (κ1) is 16.4. The molecule has 3 rings (SSSR count). The molecule has 128 valence electrons. The number of amides is 1. The minimum atomic E-state index is -0.900. The highest BCUT2D eigenvalue weighted by atomic mass is 35.5. The number of hydrogen-bond acceptors (Lipinski definition) is 6. The van der Waals surface area contributed by atoms with E-state index in [1.807, 2.05) is 0 Å². The number of methoxy groups -OCH3 is 1. The fourth-order valence-corrected chi connectivity index (χ4v) is 2.91. The molecule has 24 heavy (non-hydrogen) atoms. The van der Waals surface area contributed by atoms with Crippen molar-refractivity contribution >= 4 is 23.4 Å². The van der Waals surface area contributed by atoms with E-state index >= 15 is 0 Å². The Kier molecular flexibility index (Phi) is 4.48. The number of piperidine rings is 1. The van der Waals surface area contributed by atoms with Gasteiger partial charge >= 0.3 is 6.09 Å². The Morgan fingerprint density at radius 3 is 2.79 bits per heavy atom. The van der Waals surface area contributed by atoms with Gasteiger partial charge in [-0.2, -0.15) is 4.98 Å². The number of nitrogen functional groups attached to an aromatic ring is 1. The first-order valence-corrected chi connectivity index (χ1v) is 7.82. The number of hydrogen-bond donors (Lipinski definition) is 2. The summed E-state index contributed by atoms with van der Waals surface area (Å²) in [5.74, 6) is 1.41. The molecule has 1 aromatic heterocycles. The topological polar surface area (TPSA) is 115 Å². The number of halogens is 1. The van der Waals surface area contributed by atoms with E-state index in [1.54, 1.807) is 12.1 Å². The van der Waals surface area contributed by atoms with E-state index in [4.69, 9.17) is 31.7 Å². The summed E-state index contributed by atoms with van der Waals surface area (Å²) in [5, 5.41) is 13.4. The van der Waals surface area contributed by atoms with E-state index in [0.717, 1.165) is 0 Å². The van der Waals surface area contributed by atoms with Gasteiger partial charge in [0, 0.05) is 25.1 Å². The van der Waals surface area contributed by atoms with Gasteiger partial charge in [-0.15, -0.1) is 0 Å². The molecule has 0 atom stereocenters. The summed E-state index contributed by atoms with van der Waals surface area (Å²) in [5.41, 5.74) is 6.74. The molecule has 0 radical (unpaired) electrons. The first-order chi connectivity index (χ1) is 11.5. The molecule has 0 bridgehead atoms. The van der Waals surface area contributed by atoms with Crippen molar-refractivity contribution in [1.29, 1.82) is 0 Å². The van der Waals surface area contributed by atoms with Crippen molar-refractivity contribution in [1.82, 2.24) is 15.0 Å².